The lowest BCUT2D eigenvalue weighted by molar-refractivity contribution is 0.0451. The van der Waals surface area contributed by atoms with Crippen molar-refractivity contribution in [1.29, 1.82) is 0 Å². The van der Waals surface area contributed by atoms with Crippen LogP contribution in [-0.4, -0.2) is 25.7 Å². The first kappa shape index (κ1) is 11.0. The van der Waals surface area contributed by atoms with Gasteiger partial charge in [0, 0.05) is 0 Å². The van der Waals surface area contributed by atoms with Gasteiger partial charge < -0.3 is 4.74 Å². The molecule has 0 atom stereocenters. The number of benzene rings is 1. The lowest BCUT2D eigenvalue weighted by Gasteiger charge is -2.10. The highest BCUT2D eigenvalue weighted by Gasteiger charge is 1.93. The molecule has 0 fully saturated rings. The molecule has 14 heavy (non-hydrogen) atoms. The second kappa shape index (κ2) is 5.58. The predicted molar refractivity (Wildman–Crippen MR) is 59.9 cm³/mol. The van der Waals surface area contributed by atoms with E-state index < -0.39 is 0 Å². The fourth-order valence-corrected chi connectivity index (χ4v) is 1.10. The van der Waals surface area contributed by atoms with Gasteiger partial charge in [0.05, 0.1) is 13.3 Å². The minimum absolute atomic E-state index is 0.656. The van der Waals surface area contributed by atoms with Gasteiger partial charge in [0.1, 0.15) is 0 Å². The molecule has 0 aliphatic rings. The maximum Gasteiger partial charge on any atom is 0.0989 e. The Labute approximate surface area is 85.8 Å². The molecule has 2 nitrogen and oxygen atoms in total. The van der Waals surface area contributed by atoms with Gasteiger partial charge in [-0.3, -0.25) is 4.90 Å². The molecule has 2 heteroatoms. The van der Waals surface area contributed by atoms with Crippen molar-refractivity contribution in [1.82, 2.24) is 4.90 Å². The summed E-state index contributed by atoms with van der Waals surface area (Å²) in [6, 6.07) is 8.21. The van der Waals surface area contributed by atoms with Crippen LogP contribution in [0.1, 0.15) is 11.1 Å². The second-order valence-corrected chi connectivity index (χ2v) is 3.50. The highest BCUT2D eigenvalue weighted by Crippen LogP contribution is 2.06. The number of rotatable bonds is 5. The van der Waals surface area contributed by atoms with Crippen LogP contribution in [0.15, 0.2) is 30.8 Å². The predicted octanol–water partition coefficient (Wildman–Crippen LogP) is 2.37. The average molecular weight is 191 g/mol. The van der Waals surface area contributed by atoms with E-state index in [0.29, 0.717) is 13.3 Å². The fourth-order valence-electron chi connectivity index (χ4n) is 1.10. The van der Waals surface area contributed by atoms with E-state index in [1.54, 1.807) is 0 Å². The third kappa shape index (κ3) is 3.73. The molecule has 0 amide bonds. The van der Waals surface area contributed by atoms with Crippen molar-refractivity contribution in [3.8, 4) is 0 Å². The number of nitrogens with zero attached hydrogens (tertiary/aromatic N) is 1. The van der Waals surface area contributed by atoms with Crippen molar-refractivity contribution >= 4 is 6.08 Å². The van der Waals surface area contributed by atoms with E-state index in [0.717, 1.165) is 5.56 Å². The van der Waals surface area contributed by atoms with Crippen LogP contribution in [0, 0.1) is 0 Å². The first-order valence-electron chi connectivity index (χ1n) is 4.66. The zero-order chi connectivity index (χ0) is 10.4. The van der Waals surface area contributed by atoms with Crippen molar-refractivity contribution in [2.24, 2.45) is 0 Å². The van der Waals surface area contributed by atoms with Gasteiger partial charge in [-0.25, -0.2) is 0 Å². The van der Waals surface area contributed by atoms with E-state index in [9.17, 15) is 0 Å². The summed E-state index contributed by atoms with van der Waals surface area (Å²) >= 11 is 0. The summed E-state index contributed by atoms with van der Waals surface area (Å²) in [5, 5.41) is 0. The normalized spacial score (nSPS) is 10.5. The van der Waals surface area contributed by atoms with Crippen molar-refractivity contribution in [2.75, 3.05) is 20.8 Å². The molecule has 0 saturated heterocycles. The quantitative estimate of drug-likeness (QED) is 0.662. The molecule has 0 spiro atoms. The van der Waals surface area contributed by atoms with Crippen LogP contribution >= 0.6 is 0 Å². The summed E-state index contributed by atoms with van der Waals surface area (Å²) in [5.74, 6) is 0. The lowest BCUT2D eigenvalue weighted by atomic mass is 10.1. The Morgan fingerprint density at radius 3 is 2.43 bits per heavy atom. The molecule has 76 valence electrons. The third-order valence-electron chi connectivity index (χ3n) is 1.83. The highest BCUT2D eigenvalue weighted by molar-refractivity contribution is 5.47. The molecule has 0 radical (unpaired) electrons. The minimum Gasteiger partial charge on any atom is -0.361 e. The van der Waals surface area contributed by atoms with Crippen molar-refractivity contribution in [3.63, 3.8) is 0 Å². The van der Waals surface area contributed by atoms with Crippen LogP contribution in [0.25, 0.3) is 6.08 Å². The monoisotopic (exact) mass is 191 g/mol. The standard InChI is InChI=1S/C12H17NO/c1-4-11-5-7-12(8-6-11)9-14-10-13(2)3/h4-8H,1,9-10H2,2-3H3. The van der Waals surface area contributed by atoms with E-state index >= 15 is 0 Å². The molecule has 0 unspecified atom stereocenters. The summed E-state index contributed by atoms with van der Waals surface area (Å²) in [5.41, 5.74) is 2.33. The molecule has 1 rings (SSSR count). The Bertz CT molecular complexity index is 277. The van der Waals surface area contributed by atoms with Gasteiger partial charge >= 0.3 is 0 Å². The van der Waals surface area contributed by atoms with Crippen LogP contribution < -0.4 is 0 Å². The zero-order valence-electron chi connectivity index (χ0n) is 8.86. The maximum atomic E-state index is 5.45. The van der Waals surface area contributed by atoms with Crippen molar-refractivity contribution in [3.05, 3.63) is 42.0 Å². The highest BCUT2D eigenvalue weighted by atomic mass is 16.5. The SMILES string of the molecule is C=Cc1ccc(COCN(C)C)cc1. The Morgan fingerprint density at radius 1 is 1.29 bits per heavy atom. The zero-order valence-corrected chi connectivity index (χ0v) is 8.86. The van der Waals surface area contributed by atoms with E-state index in [1.807, 2.05) is 37.2 Å². The van der Waals surface area contributed by atoms with Gasteiger partial charge in [-0.2, -0.15) is 0 Å². The van der Waals surface area contributed by atoms with Gasteiger partial charge in [0.25, 0.3) is 0 Å². The Balaban J connectivity index is 2.40. The average Bonchev–Trinajstić information content (AvgIpc) is 2.18. The summed E-state index contributed by atoms with van der Waals surface area (Å²) in [7, 11) is 3.97. The van der Waals surface area contributed by atoms with E-state index in [4.69, 9.17) is 4.74 Å². The fraction of sp³-hybridized carbons (Fsp3) is 0.333. The largest absolute Gasteiger partial charge is 0.361 e. The van der Waals surface area contributed by atoms with Gasteiger partial charge in [0.2, 0.25) is 0 Å². The van der Waals surface area contributed by atoms with Crippen LogP contribution in [0.4, 0.5) is 0 Å². The van der Waals surface area contributed by atoms with Gasteiger partial charge in [-0.1, -0.05) is 36.9 Å². The van der Waals surface area contributed by atoms with Crippen LogP contribution in [0.2, 0.25) is 0 Å². The van der Waals surface area contributed by atoms with E-state index in [-0.39, 0.29) is 0 Å². The molecule has 1 aromatic carbocycles. The Hall–Kier alpha value is -1.12. The Kier molecular flexibility index (Phi) is 4.36. The van der Waals surface area contributed by atoms with Gasteiger partial charge in [0.15, 0.2) is 0 Å². The number of hydrogen-bond donors (Lipinski definition) is 0. The van der Waals surface area contributed by atoms with E-state index in [1.165, 1.54) is 5.56 Å². The Morgan fingerprint density at radius 2 is 1.93 bits per heavy atom. The number of ether oxygens (including phenoxy) is 1. The van der Waals surface area contributed by atoms with Crippen LogP contribution in [0.3, 0.4) is 0 Å². The van der Waals surface area contributed by atoms with Gasteiger partial charge in [-0.15, -0.1) is 0 Å². The van der Waals surface area contributed by atoms with Crippen molar-refractivity contribution in [2.45, 2.75) is 6.61 Å². The molecule has 0 aliphatic carbocycles. The van der Waals surface area contributed by atoms with Gasteiger partial charge in [-0.05, 0) is 25.2 Å². The molecule has 0 N–H and O–H groups in total. The molecule has 0 saturated carbocycles. The molecule has 0 aliphatic heterocycles. The summed E-state index contributed by atoms with van der Waals surface area (Å²) in [4.78, 5) is 2.00. The molecular weight excluding hydrogens is 174 g/mol. The topological polar surface area (TPSA) is 12.5 Å². The summed E-state index contributed by atoms with van der Waals surface area (Å²) < 4.78 is 5.45. The minimum atomic E-state index is 0.656. The molecule has 1 aromatic rings. The molecule has 0 heterocycles. The van der Waals surface area contributed by atoms with Crippen molar-refractivity contribution < 1.29 is 4.74 Å². The lowest BCUT2D eigenvalue weighted by Crippen LogP contribution is -2.15. The molecular formula is C12H17NO. The van der Waals surface area contributed by atoms with Crippen LogP contribution in [-0.2, 0) is 11.3 Å². The summed E-state index contributed by atoms with van der Waals surface area (Å²) in [6.07, 6.45) is 1.84. The first-order valence-corrected chi connectivity index (χ1v) is 4.66. The smallest absolute Gasteiger partial charge is 0.0989 e. The van der Waals surface area contributed by atoms with Crippen LogP contribution in [0.5, 0.6) is 0 Å². The van der Waals surface area contributed by atoms with E-state index in [2.05, 4.69) is 18.7 Å². The first-order chi connectivity index (χ1) is 6.72. The number of hydrogen-bond acceptors (Lipinski definition) is 2. The molecule has 0 bridgehead atoms. The third-order valence-corrected chi connectivity index (χ3v) is 1.83. The molecule has 0 aromatic heterocycles. The maximum absolute atomic E-state index is 5.45. The summed E-state index contributed by atoms with van der Waals surface area (Å²) in [6.45, 7) is 5.03. The second-order valence-electron chi connectivity index (χ2n) is 3.50.